The van der Waals surface area contributed by atoms with Crippen LogP contribution in [0.2, 0.25) is 0 Å². The number of thiophene rings is 1. The van der Waals surface area contributed by atoms with Crippen LogP contribution in [0.15, 0.2) is 59.5 Å². The van der Waals surface area contributed by atoms with Crippen LogP contribution in [-0.2, 0) is 9.59 Å². The van der Waals surface area contributed by atoms with Gasteiger partial charge in [0.15, 0.2) is 16.6 Å². The highest BCUT2D eigenvalue weighted by atomic mass is 32.1. The summed E-state index contributed by atoms with van der Waals surface area (Å²) in [5, 5.41) is 13.5. The van der Waals surface area contributed by atoms with E-state index in [1.165, 1.54) is 27.6 Å². The third kappa shape index (κ3) is 3.53. The lowest BCUT2D eigenvalue weighted by Crippen LogP contribution is -2.28. The number of nitrogens with zero attached hydrogens (tertiary/aromatic N) is 2. The molecule has 0 spiro atoms. The Balaban J connectivity index is 1.50. The summed E-state index contributed by atoms with van der Waals surface area (Å²) in [4.78, 5) is 33.4. The van der Waals surface area contributed by atoms with Crippen LogP contribution in [0, 0.1) is 0 Å². The van der Waals surface area contributed by atoms with Crippen LogP contribution in [0.5, 0.6) is 17.2 Å². The molecular weight excluding hydrogens is 488 g/mol. The van der Waals surface area contributed by atoms with E-state index in [4.69, 9.17) is 14.2 Å². The molecule has 176 valence electrons. The number of aromatic nitrogens is 1. The summed E-state index contributed by atoms with van der Waals surface area (Å²) in [6, 6.07) is 13.2. The van der Waals surface area contributed by atoms with Crippen LogP contribution >= 0.6 is 22.7 Å². The van der Waals surface area contributed by atoms with E-state index < -0.39 is 17.7 Å². The first-order valence-corrected chi connectivity index (χ1v) is 12.4. The van der Waals surface area contributed by atoms with E-state index in [9.17, 15) is 14.7 Å². The number of carbonyl (C=O) groups is 2. The lowest BCUT2D eigenvalue weighted by atomic mass is 9.99. The maximum absolute atomic E-state index is 13.3. The van der Waals surface area contributed by atoms with Crippen LogP contribution < -0.4 is 19.1 Å². The van der Waals surface area contributed by atoms with Crippen molar-refractivity contribution in [1.82, 2.24) is 4.98 Å². The summed E-state index contributed by atoms with van der Waals surface area (Å²) < 4.78 is 17.3. The Morgan fingerprint density at radius 2 is 1.94 bits per heavy atom. The standard InChI is InChI=1S/C25H18N2O6S2/c1-31-14-5-6-15-19(12-14)35-25(26-15)27-21(18-3-2-10-34-18)20(23(29)24(27)30)22(28)13-4-7-16-17(11-13)33-9-8-32-16/h2-7,10-12,21,28H,8-9H2,1H3/t21-/m1/s1. The third-order valence-electron chi connectivity index (χ3n) is 5.86. The number of amides is 1. The number of aliphatic hydroxyl groups is 1. The SMILES string of the molecule is COc1ccc2nc(N3C(=O)C(=O)C(=C(O)c4ccc5c(c4)OCCO5)[C@H]3c3cccs3)sc2c1. The molecule has 0 aliphatic carbocycles. The lowest BCUT2D eigenvalue weighted by molar-refractivity contribution is -0.132. The second-order valence-electron chi connectivity index (χ2n) is 7.87. The molecule has 0 bridgehead atoms. The maximum Gasteiger partial charge on any atom is 0.301 e. The Kier molecular flexibility index (Phi) is 5.19. The first-order valence-electron chi connectivity index (χ1n) is 10.7. The van der Waals surface area contributed by atoms with E-state index in [2.05, 4.69) is 4.98 Å². The molecule has 2 aromatic heterocycles. The summed E-state index contributed by atoms with van der Waals surface area (Å²) in [7, 11) is 1.58. The van der Waals surface area contributed by atoms with Crippen molar-refractivity contribution < 1.29 is 28.9 Å². The normalized spacial score (nSPS) is 18.9. The summed E-state index contributed by atoms with van der Waals surface area (Å²) in [6.07, 6.45) is 0. The van der Waals surface area contributed by atoms with E-state index in [1.54, 1.807) is 37.4 Å². The largest absolute Gasteiger partial charge is 0.507 e. The molecule has 0 saturated carbocycles. The molecule has 1 amide bonds. The molecule has 0 unspecified atom stereocenters. The molecule has 10 heteroatoms. The summed E-state index contributed by atoms with van der Waals surface area (Å²) in [6.45, 7) is 0.828. The number of hydrogen-bond acceptors (Lipinski definition) is 9. The highest BCUT2D eigenvalue weighted by Gasteiger charge is 2.48. The van der Waals surface area contributed by atoms with Crippen molar-refractivity contribution in [2.75, 3.05) is 25.2 Å². The van der Waals surface area contributed by atoms with Crippen LogP contribution in [0.25, 0.3) is 16.0 Å². The van der Waals surface area contributed by atoms with Crippen LogP contribution in [-0.4, -0.2) is 42.1 Å². The zero-order valence-corrected chi connectivity index (χ0v) is 20.0. The molecule has 6 rings (SSSR count). The number of thiazole rings is 1. The number of fused-ring (bicyclic) bond motifs is 2. The average molecular weight is 507 g/mol. The Bertz CT molecular complexity index is 1510. The number of carbonyl (C=O) groups excluding carboxylic acids is 2. The van der Waals surface area contributed by atoms with E-state index in [0.29, 0.717) is 46.7 Å². The smallest absolute Gasteiger partial charge is 0.301 e. The predicted octanol–water partition coefficient (Wildman–Crippen LogP) is 4.76. The summed E-state index contributed by atoms with van der Waals surface area (Å²) >= 11 is 2.68. The van der Waals surface area contributed by atoms with Crippen LogP contribution in [0.4, 0.5) is 5.13 Å². The highest BCUT2D eigenvalue weighted by molar-refractivity contribution is 7.22. The van der Waals surface area contributed by atoms with Crippen molar-refractivity contribution >= 4 is 55.5 Å². The zero-order valence-electron chi connectivity index (χ0n) is 18.4. The van der Waals surface area contributed by atoms with Gasteiger partial charge in [0.1, 0.15) is 30.8 Å². The Morgan fingerprint density at radius 1 is 1.11 bits per heavy atom. The molecule has 1 fully saturated rings. The maximum atomic E-state index is 13.3. The Labute approximate surface area is 207 Å². The highest BCUT2D eigenvalue weighted by Crippen LogP contribution is 2.46. The first kappa shape index (κ1) is 21.6. The van der Waals surface area contributed by atoms with Crippen molar-refractivity contribution in [2.45, 2.75) is 6.04 Å². The Hall–Kier alpha value is -3.89. The molecule has 35 heavy (non-hydrogen) atoms. The van der Waals surface area contributed by atoms with Crippen molar-refractivity contribution in [3.63, 3.8) is 0 Å². The quantitative estimate of drug-likeness (QED) is 0.242. The molecular formula is C25H18N2O6S2. The predicted molar refractivity (Wildman–Crippen MR) is 133 cm³/mol. The molecule has 4 heterocycles. The van der Waals surface area contributed by atoms with E-state index in [1.807, 2.05) is 23.6 Å². The zero-order chi connectivity index (χ0) is 24.1. The van der Waals surface area contributed by atoms with Gasteiger partial charge in [-0.15, -0.1) is 11.3 Å². The third-order valence-corrected chi connectivity index (χ3v) is 7.81. The molecule has 4 aromatic rings. The monoisotopic (exact) mass is 506 g/mol. The number of anilines is 1. The summed E-state index contributed by atoms with van der Waals surface area (Å²) in [5.41, 5.74) is 1.05. The fraction of sp³-hybridized carbons (Fsp3) is 0.160. The van der Waals surface area contributed by atoms with Gasteiger partial charge in [0.05, 0.1) is 22.9 Å². The van der Waals surface area contributed by atoms with Gasteiger partial charge in [0.25, 0.3) is 5.78 Å². The number of ether oxygens (including phenoxy) is 3. The fourth-order valence-electron chi connectivity index (χ4n) is 4.21. The molecule has 2 aliphatic rings. The number of rotatable bonds is 4. The molecule has 1 N–H and O–H groups in total. The minimum atomic E-state index is -0.814. The molecule has 1 saturated heterocycles. The van der Waals surface area contributed by atoms with Gasteiger partial charge >= 0.3 is 5.91 Å². The number of ketones is 1. The molecule has 2 aromatic carbocycles. The van der Waals surface area contributed by atoms with Gasteiger partial charge in [-0.3, -0.25) is 14.5 Å². The summed E-state index contributed by atoms with van der Waals surface area (Å²) in [5.74, 6) is -0.0800. The molecule has 8 nitrogen and oxygen atoms in total. The van der Waals surface area contributed by atoms with Gasteiger partial charge in [-0.1, -0.05) is 17.4 Å². The topological polar surface area (TPSA) is 98.2 Å². The fourth-order valence-corrected chi connectivity index (χ4v) is 6.06. The van der Waals surface area contributed by atoms with E-state index in [0.717, 1.165) is 9.58 Å². The number of benzene rings is 2. The van der Waals surface area contributed by atoms with Crippen molar-refractivity contribution in [1.29, 1.82) is 0 Å². The van der Waals surface area contributed by atoms with Crippen molar-refractivity contribution in [3.8, 4) is 17.2 Å². The number of aliphatic hydroxyl groups excluding tert-OH is 1. The van der Waals surface area contributed by atoms with Gasteiger partial charge < -0.3 is 19.3 Å². The van der Waals surface area contributed by atoms with E-state index >= 15 is 0 Å². The first-order chi connectivity index (χ1) is 17.0. The van der Waals surface area contributed by atoms with Gasteiger partial charge in [0.2, 0.25) is 0 Å². The second-order valence-corrected chi connectivity index (χ2v) is 9.86. The van der Waals surface area contributed by atoms with Crippen molar-refractivity contribution in [2.24, 2.45) is 0 Å². The van der Waals surface area contributed by atoms with Gasteiger partial charge in [-0.2, -0.15) is 0 Å². The molecule has 0 radical (unpaired) electrons. The van der Waals surface area contributed by atoms with Gasteiger partial charge in [-0.25, -0.2) is 4.98 Å². The number of Topliss-reactive ketones (excluding diaryl/α,β-unsaturated/α-hetero) is 1. The van der Waals surface area contributed by atoms with Crippen LogP contribution in [0.3, 0.4) is 0 Å². The molecule has 1 atom stereocenters. The Morgan fingerprint density at radius 3 is 2.71 bits per heavy atom. The average Bonchev–Trinajstić information content (AvgIpc) is 3.61. The molecule has 2 aliphatic heterocycles. The van der Waals surface area contributed by atoms with E-state index in [-0.39, 0.29) is 11.3 Å². The van der Waals surface area contributed by atoms with Gasteiger partial charge in [0, 0.05) is 10.4 Å². The van der Waals surface area contributed by atoms with Crippen molar-refractivity contribution in [3.05, 3.63) is 69.9 Å². The second kappa shape index (κ2) is 8.40. The number of methoxy groups -OCH3 is 1. The van der Waals surface area contributed by atoms with Crippen LogP contribution in [0.1, 0.15) is 16.5 Å². The lowest BCUT2D eigenvalue weighted by Gasteiger charge is -2.22. The van der Waals surface area contributed by atoms with Gasteiger partial charge in [-0.05, 0) is 47.8 Å². The minimum absolute atomic E-state index is 0.00552. The number of hydrogen-bond donors (Lipinski definition) is 1. The minimum Gasteiger partial charge on any atom is -0.507 e.